The van der Waals surface area contributed by atoms with E-state index in [2.05, 4.69) is 301 Å². The van der Waals surface area contributed by atoms with Crippen LogP contribution in [0, 0.1) is 40.6 Å². The van der Waals surface area contributed by atoms with E-state index in [0.717, 1.165) is 133 Å². The molecule has 9 nitrogen and oxygen atoms in total. The summed E-state index contributed by atoms with van der Waals surface area (Å²) >= 11 is 1.85. The minimum absolute atomic E-state index is 0.499. The predicted molar refractivity (Wildman–Crippen MR) is 429 cm³/mol. The third-order valence-electron chi connectivity index (χ3n) is 20.9. The standard InChI is InChI=1S/C50H29N5.C44H24N4S/c51-30-32-22-25-46(55-42-18-8-4-14-37(42)38-15-5-9-19-43(38)55)41(28-32)36-24-23-35(29-33(36)31-52)54-45-21-11-7-17-40(45)50-48(54)27-26-47-49(50)39-16-6-10-20-44(39)53(47)34-12-2-1-3-13-34;1-46-35-24-20-28(26-45)41(43(35)48-36-14-6-2-10-30(36)31-11-3-7-15-37(31)48)27-18-21-29(22-19-27)47-38-16-8-4-13-34(38)42-39(47)25-23-33-32-12-5-9-17-40(32)49-44(33)42/h1-29H;2-25H. The highest BCUT2D eigenvalue weighted by atomic mass is 32.1. The van der Waals surface area contributed by atoms with Crippen LogP contribution in [0.1, 0.15) is 16.7 Å². The van der Waals surface area contributed by atoms with E-state index in [1.54, 1.807) is 12.1 Å². The molecule has 0 spiro atoms. The lowest BCUT2D eigenvalue weighted by Crippen LogP contribution is -2.00. The van der Waals surface area contributed by atoms with Gasteiger partial charge in [0.25, 0.3) is 0 Å². The first kappa shape index (κ1) is 59.5. The molecule has 0 atom stereocenters. The average Bonchev–Trinajstić information content (AvgIpc) is 1.55. The molecule has 0 saturated carbocycles. The van der Waals surface area contributed by atoms with Crippen LogP contribution in [0.5, 0.6) is 0 Å². The van der Waals surface area contributed by atoms with Gasteiger partial charge in [-0.25, -0.2) is 4.85 Å². The fourth-order valence-electron chi connectivity index (χ4n) is 16.6. The summed E-state index contributed by atoms with van der Waals surface area (Å²) in [6, 6.07) is 118. The number of para-hydroxylation sites is 8. The molecule has 0 fully saturated rings. The summed E-state index contributed by atoms with van der Waals surface area (Å²) < 4.78 is 14.0. The lowest BCUT2D eigenvalue weighted by molar-refractivity contribution is 1.16. The molecule has 10 heteroatoms. The number of aromatic nitrogens is 5. The Morgan fingerprint density at radius 1 is 0.298 bits per heavy atom. The van der Waals surface area contributed by atoms with Crippen molar-refractivity contribution >= 4 is 146 Å². The summed E-state index contributed by atoms with van der Waals surface area (Å²) in [7, 11) is 0. The summed E-state index contributed by atoms with van der Waals surface area (Å²) in [6.45, 7) is 8.19. The number of thiophene rings is 1. The van der Waals surface area contributed by atoms with Crippen molar-refractivity contribution in [2.75, 3.05) is 0 Å². The minimum atomic E-state index is 0.499. The molecule has 6 heterocycles. The number of nitriles is 3. The Kier molecular flexibility index (Phi) is 13.5. The highest BCUT2D eigenvalue weighted by Crippen LogP contribution is 2.48. The van der Waals surface area contributed by atoms with Gasteiger partial charge in [-0.15, -0.1) is 11.3 Å². The van der Waals surface area contributed by atoms with Gasteiger partial charge in [0, 0.05) is 108 Å². The van der Waals surface area contributed by atoms with Crippen LogP contribution in [-0.4, -0.2) is 22.8 Å². The van der Waals surface area contributed by atoms with Crippen LogP contribution in [-0.2, 0) is 0 Å². The molecule has 0 aliphatic heterocycles. The summed E-state index contributed by atoms with van der Waals surface area (Å²) in [6.07, 6.45) is 0. The van der Waals surface area contributed by atoms with Gasteiger partial charge in [0.15, 0.2) is 0 Å². The number of hydrogen-bond acceptors (Lipinski definition) is 4. The van der Waals surface area contributed by atoms with E-state index < -0.39 is 0 Å². The third-order valence-corrected chi connectivity index (χ3v) is 22.1. The topological polar surface area (TPSA) is 100 Å². The molecule has 0 aliphatic rings. The highest BCUT2D eigenvalue weighted by Gasteiger charge is 2.26. The second kappa shape index (κ2) is 23.6. The van der Waals surface area contributed by atoms with Gasteiger partial charge < -0.3 is 22.8 Å². The first-order valence-electron chi connectivity index (χ1n) is 34.4. The van der Waals surface area contributed by atoms with Crippen LogP contribution in [0.3, 0.4) is 0 Å². The lowest BCUT2D eigenvalue weighted by atomic mass is 9.96. The Labute approximate surface area is 599 Å². The van der Waals surface area contributed by atoms with Crippen molar-refractivity contribution in [3.8, 4) is 68.9 Å². The zero-order valence-corrected chi connectivity index (χ0v) is 56.3. The third kappa shape index (κ3) is 8.81. The molecule has 6 aromatic heterocycles. The minimum Gasteiger partial charge on any atom is -0.318 e. The maximum absolute atomic E-state index is 10.9. The van der Waals surface area contributed by atoms with Crippen LogP contribution in [0.4, 0.5) is 5.69 Å². The maximum Gasteiger partial charge on any atom is 0.211 e. The molecule has 0 saturated heterocycles. The van der Waals surface area contributed by atoms with Gasteiger partial charge in [0.2, 0.25) is 5.69 Å². The van der Waals surface area contributed by atoms with Crippen LogP contribution in [0.2, 0.25) is 0 Å². The zero-order chi connectivity index (χ0) is 69.3. The van der Waals surface area contributed by atoms with E-state index in [-0.39, 0.29) is 0 Å². The lowest BCUT2D eigenvalue weighted by Gasteiger charge is -2.18. The first-order chi connectivity index (χ1) is 51.5. The second-order valence-corrected chi connectivity index (χ2v) is 27.3. The first-order valence-corrected chi connectivity index (χ1v) is 35.3. The van der Waals surface area contributed by atoms with Gasteiger partial charge in [-0.1, -0.05) is 200 Å². The SMILES string of the molecule is N#Cc1ccc(-n2c3ccccc3c3ccccc32)c(-c2ccc(-n3c4ccccc4c4c5c6ccccc6n(-c6ccccc6)c5ccc43)cc2C#N)c1.[C-]#[N+]c1ccc(C#N)c(-c2ccc(-n3c4ccccc4c4c5sc6ccccc6c5ccc43)cc2)c1-n1c2ccccc2c2ccccc21. The molecule has 0 radical (unpaired) electrons. The van der Waals surface area contributed by atoms with Crippen LogP contribution in [0.15, 0.2) is 322 Å². The van der Waals surface area contributed by atoms with Crippen molar-refractivity contribution in [3.63, 3.8) is 0 Å². The van der Waals surface area contributed by atoms with Crippen LogP contribution >= 0.6 is 11.3 Å². The number of rotatable bonds is 7. The molecule has 0 N–H and O–H groups in total. The molecule has 0 unspecified atom stereocenters. The molecule has 0 bridgehead atoms. The Morgan fingerprint density at radius 3 is 1.28 bits per heavy atom. The fraction of sp³-hybridized carbons (Fsp3) is 0. The maximum atomic E-state index is 10.9. The summed E-state index contributed by atoms with van der Waals surface area (Å²) in [4.78, 5) is 3.99. The van der Waals surface area contributed by atoms with E-state index in [1.807, 2.05) is 65.9 Å². The van der Waals surface area contributed by atoms with E-state index in [9.17, 15) is 15.8 Å². The van der Waals surface area contributed by atoms with Crippen molar-refractivity contribution in [2.45, 2.75) is 0 Å². The average molecular weight is 1340 g/mol. The van der Waals surface area contributed by atoms with Crippen molar-refractivity contribution in [1.29, 1.82) is 15.8 Å². The Bertz CT molecular complexity index is 7300. The molecule has 0 amide bonds. The molecule has 0 aliphatic carbocycles. The number of hydrogen-bond donors (Lipinski definition) is 0. The van der Waals surface area contributed by atoms with Crippen molar-refractivity contribution in [1.82, 2.24) is 22.8 Å². The quantitative estimate of drug-likeness (QED) is 0.149. The van der Waals surface area contributed by atoms with Crippen LogP contribution < -0.4 is 0 Å². The second-order valence-electron chi connectivity index (χ2n) is 26.2. The van der Waals surface area contributed by atoms with Gasteiger partial charge in [-0.05, 0) is 127 Å². The molecule has 15 aromatic carbocycles. The molecular weight excluding hydrogens is 1290 g/mol. The Morgan fingerprint density at radius 2 is 0.740 bits per heavy atom. The summed E-state index contributed by atoms with van der Waals surface area (Å²) in [5.74, 6) is 0. The van der Waals surface area contributed by atoms with Crippen LogP contribution in [0.25, 0.3) is 185 Å². The zero-order valence-electron chi connectivity index (χ0n) is 55.5. The predicted octanol–water partition coefficient (Wildman–Crippen LogP) is 24.7. The monoisotopic (exact) mass is 1340 g/mol. The molecule has 21 rings (SSSR count). The van der Waals surface area contributed by atoms with E-state index >= 15 is 0 Å². The molecule has 480 valence electrons. The van der Waals surface area contributed by atoms with E-state index in [0.29, 0.717) is 22.4 Å². The Hall–Kier alpha value is -14.5. The number of nitrogens with zero attached hydrogens (tertiary/aromatic N) is 9. The molecule has 21 aromatic rings. The summed E-state index contributed by atoms with van der Waals surface area (Å²) in [5.41, 5.74) is 20.9. The van der Waals surface area contributed by atoms with Gasteiger partial charge >= 0.3 is 0 Å². The van der Waals surface area contributed by atoms with Gasteiger partial charge in [0.1, 0.15) is 0 Å². The van der Waals surface area contributed by atoms with E-state index in [4.69, 9.17) is 6.57 Å². The van der Waals surface area contributed by atoms with Gasteiger partial charge in [-0.3, -0.25) is 0 Å². The van der Waals surface area contributed by atoms with Crippen molar-refractivity contribution < 1.29 is 0 Å². The molecule has 104 heavy (non-hydrogen) atoms. The van der Waals surface area contributed by atoms with Crippen molar-refractivity contribution in [3.05, 3.63) is 350 Å². The number of benzene rings is 15. The summed E-state index contributed by atoms with van der Waals surface area (Å²) in [5, 5.41) is 45.6. The fourth-order valence-corrected chi connectivity index (χ4v) is 17.8. The normalized spacial score (nSPS) is 11.6. The largest absolute Gasteiger partial charge is 0.318 e. The highest BCUT2D eigenvalue weighted by molar-refractivity contribution is 7.26. The smallest absolute Gasteiger partial charge is 0.211 e. The van der Waals surface area contributed by atoms with Crippen molar-refractivity contribution in [2.24, 2.45) is 0 Å². The van der Waals surface area contributed by atoms with E-state index in [1.165, 1.54) is 47.1 Å². The van der Waals surface area contributed by atoms with Gasteiger partial charge in [-0.2, -0.15) is 15.8 Å². The Balaban J connectivity index is 0.000000139. The molecular formula is C94H53N9S. The van der Waals surface area contributed by atoms with Gasteiger partial charge in [0.05, 0.1) is 108 Å². The number of fused-ring (bicyclic) bond motifs is 20.